The third-order valence-electron chi connectivity index (χ3n) is 1.35. The van der Waals surface area contributed by atoms with Crippen molar-refractivity contribution in [3.8, 4) is 0 Å². The quantitative estimate of drug-likeness (QED) is 0.594. The van der Waals surface area contributed by atoms with Crippen LogP contribution in [0.3, 0.4) is 0 Å². The summed E-state index contributed by atoms with van der Waals surface area (Å²) in [7, 11) is 0. The number of rotatable bonds is 0. The highest BCUT2D eigenvalue weighted by atomic mass is 35.5. The third-order valence-corrected chi connectivity index (χ3v) is 1.61. The molecular formula is C7H10ClFN2. The molecule has 4 heteroatoms. The van der Waals surface area contributed by atoms with E-state index in [1.807, 2.05) is 20.8 Å². The SMILES string of the molecule is CC(C)(C)n1c(F)cnc1Cl. The monoisotopic (exact) mass is 176 g/mol. The molecule has 11 heavy (non-hydrogen) atoms. The first kappa shape index (κ1) is 8.53. The highest BCUT2D eigenvalue weighted by Gasteiger charge is 2.20. The van der Waals surface area contributed by atoms with Gasteiger partial charge in [-0.1, -0.05) is 0 Å². The second-order valence-corrected chi connectivity index (χ2v) is 3.69. The summed E-state index contributed by atoms with van der Waals surface area (Å²) in [6.45, 7) is 5.59. The Labute approximate surface area is 70.0 Å². The van der Waals surface area contributed by atoms with E-state index in [0.29, 0.717) is 0 Å². The molecule has 0 atom stereocenters. The maximum Gasteiger partial charge on any atom is 0.215 e. The van der Waals surface area contributed by atoms with Crippen molar-refractivity contribution in [2.24, 2.45) is 0 Å². The first-order chi connectivity index (χ1) is 4.93. The molecule has 1 aromatic rings. The van der Waals surface area contributed by atoms with Crippen molar-refractivity contribution in [1.29, 1.82) is 0 Å². The molecule has 0 aliphatic heterocycles. The van der Waals surface area contributed by atoms with Gasteiger partial charge in [0.15, 0.2) is 0 Å². The maximum atomic E-state index is 12.9. The van der Waals surface area contributed by atoms with Crippen LogP contribution >= 0.6 is 11.6 Å². The molecule has 0 aliphatic rings. The lowest BCUT2D eigenvalue weighted by atomic mass is 10.1. The lowest BCUT2D eigenvalue weighted by molar-refractivity contribution is 0.337. The van der Waals surface area contributed by atoms with E-state index in [0.717, 1.165) is 6.20 Å². The number of hydrogen-bond acceptors (Lipinski definition) is 1. The smallest absolute Gasteiger partial charge is 0.215 e. The average Bonchev–Trinajstić information content (AvgIpc) is 2.08. The Kier molecular flexibility index (Phi) is 1.92. The van der Waals surface area contributed by atoms with Crippen molar-refractivity contribution in [2.75, 3.05) is 0 Å². The number of nitrogens with zero attached hydrogens (tertiary/aromatic N) is 2. The second kappa shape index (κ2) is 2.48. The Morgan fingerprint density at radius 3 is 2.27 bits per heavy atom. The zero-order valence-corrected chi connectivity index (χ0v) is 7.48. The van der Waals surface area contributed by atoms with Gasteiger partial charge in [-0.25, -0.2) is 4.98 Å². The van der Waals surface area contributed by atoms with Crippen LogP contribution in [-0.2, 0) is 5.54 Å². The van der Waals surface area contributed by atoms with Gasteiger partial charge in [0.05, 0.1) is 6.20 Å². The molecule has 0 aliphatic carbocycles. The largest absolute Gasteiger partial charge is 0.286 e. The predicted octanol–water partition coefficient (Wildman–Crippen LogP) is 2.43. The van der Waals surface area contributed by atoms with Crippen molar-refractivity contribution >= 4 is 11.6 Å². The summed E-state index contributed by atoms with van der Waals surface area (Å²) in [5.74, 6) is -0.400. The minimum Gasteiger partial charge on any atom is -0.286 e. The van der Waals surface area contributed by atoms with E-state index >= 15 is 0 Å². The van der Waals surface area contributed by atoms with Gasteiger partial charge in [-0.2, -0.15) is 4.39 Å². The topological polar surface area (TPSA) is 17.8 Å². The van der Waals surface area contributed by atoms with Crippen LogP contribution in [0.15, 0.2) is 6.20 Å². The Bertz CT molecular complexity index is 242. The van der Waals surface area contributed by atoms with Crippen LogP contribution in [0.25, 0.3) is 0 Å². The summed E-state index contributed by atoms with van der Waals surface area (Å²) in [5, 5.41) is 0.190. The molecule has 1 aromatic heterocycles. The average molecular weight is 177 g/mol. The summed E-state index contributed by atoms with van der Waals surface area (Å²) >= 11 is 5.64. The van der Waals surface area contributed by atoms with E-state index < -0.39 is 5.95 Å². The van der Waals surface area contributed by atoms with Crippen LogP contribution < -0.4 is 0 Å². The van der Waals surface area contributed by atoms with Crippen LogP contribution in [0.5, 0.6) is 0 Å². The first-order valence-corrected chi connectivity index (χ1v) is 3.70. The second-order valence-electron chi connectivity index (χ2n) is 3.36. The van der Waals surface area contributed by atoms with Gasteiger partial charge in [-0.3, -0.25) is 4.57 Å². The van der Waals surface area contributed by atoms with Gasteiger partial charge < -0.3 is 0 Å². The summed E-state index contributed by atoms with van der Waals surface area (Å²) in [5.41, 5.74) is -0.350. The molecule has 1 heterocycles. The Morgan fingerprint density at radius 1 is 1.55 bits per heavy atom. The van der Waals surface area contributed by atoms with Crippen LogP contribution in [-0.4, -0.2) is 9.55 Å². The molecule has 0 spiro atoms. The molecule has 62 valence electrons. The van der Waals surface area contributed by atoms with Gasteiger partial charge in [-0.05, 0) is 32.4 Å². The first-order valence-electron chi connectivity index (χ1n) is 3.32. The predicted molar refractivity (Wildman–Crippen MR) is 42.2 cm³/mol. The highest BCUT2D eigenvalue weighted by molar-refractivity contribution is 6.28. The van der Waals surface area contributed by atoms with Crippen molar-refractivity contribution in [1.82, 2.24) is 9.55 Å². The third kappa shape index (κ3) is 1.53. The van der Waals surface area contributed by atoms with Crippen LogP contribution in [0.4, 0.5) is 4.39 Å². The molecule has 1 rings (SSSR count). The summed E-state index contributed by atoms with van der Waals surface area (Å²) in [6.07, 6.45) is 1.12. The molecular weight excluding hydrogens is 167 g/mol. The van der Waals surface area contributed by atoms with Crippen molar-refractivity contribution in [3.63, 3.8) is 0 Å². The molecule has 2 nitrogen and oxygen atoms in total. The fraction of sp³-hybridized carbons (Fsp3) is 0.571. The zero-order valence-electron chi connectivity index (χ0n) is 6.73. The van der Waals surface area contributed by atoms with Crippen LogP contribution in [0, 0.1) is 5.95 Å². The number of halogens is 2. The minimum absolute atomic E-state index is 0.190. The molecule has 0 radical (unpaired) electrons. The van der Waals surface area contributed by atoms with Gasteiger partial charge in [0.25, 0.3) is 0 Å². The fourth-order valence-corrected chi connectivity index (χ4v) is 1.29. The van der Waals surface area contributed by atoms with E-state index in [1.165, 1.54) is 4.57 Å². The molecule has 0 bridgehead atoms. The van der Waals surface area contributed by atoms with Crippen molar-refractivity contribution in [3.05, 3.63) is 17.4 Å². The van der Waals surface area contributed by atoms with E-state index in [-0.39, 0.29) is 10.8 Å². The van der Waals surface area contributed by atoms with Gasteiger partial charge in [-0.15, -0.1) is 0 Å². The van der Waals surface area contributed by atoms with Crippen molar-refractivity contribution < 1.29 is 4.39 Å². The van der Waals surface area contributed by atoms with Gasteiger partial charge >= 0.3 is 0 Å². The normalized spacial score (nSPS) is 12.1. The lowest BCUT2D eigenvalue weighted by Crippen LogP contribution is -2.23. The molecule has 0 saturated heterocycles. The molecule has 0 unspecified atom stereocenters. The Balaban J connectivity index is 3.21. The number of aromatic nitrogens is 2. The van der Waals surface area contributed by atoms with Crippen molar-refractivity contribution in [2.45, 2.75) is 26.3 Å². The number of imidazole rings is 1. The molecule has 0 N–H and O–H groups in total. The van der Waals surface area contributed by atoms with E-state index in [4.69, 9.17) is 11.6 Å². The maximum absolute atomic E-state index is 12.9. The highest BCUT2D eigenvalue weighted by Crippen LogP contribution is 2.21. The lowest BCUT2D eigenvalue weighted by Gasteiger charge is -2.21. The van der Waals surface area contributed by atoms with E-state index in [9.17, 15) is 4.39 Å². The van der Waals surface area contributed by atoms with E-state index in [2.05, 4.69) is 4.98 Å². The van der Waals surface area contributed by atoms with Crippen LogP contribution in [0.1, 0.15) is 20.8 Å². The van der Waals surface area contributed by atoms with Gasteiger partial charge in [0.2, 0.25) is 11.2 Å². The standard InChI is InChI=1S/C7H10ClFN2/c1-7(2,3)11-5(9)4-10-6(11)8/h4H,1-3H3. The molecule has 0 aromatic carbocycles. The molecule has 0 amide bonds. The van der Waals surface area contributed by atoms with E-state index in [1.54, 1.807) is 0 Å². The minimum atomic E-state index is -0.400. The van der Waals surface area contributed by atoms with Crippen LogP contribution in [0.2, 0.25) is 5.28 Å². The zero-order chi connectivity index (χ0) is 8.65. The summed E-state index contributed by atoms with van der Waals surface area (Å²) < 4.78 is 14.3. The van der Waals surface area contributed by atoms with Gasteiger partial charge in [0.1, 0.15) is 0 Å². The molecule has 0 saturated carbocycles. The Hall–Kier alpha value is -0.570. The van der Waals surface area contributed by atoms with Gasteiger partial charge in [0, 0.05) is 5.54 Å². The number of hydrogen-bond donors (Lipinski definition) is 0. The molecule has 0 fully saturated rings. The summed E-state index contributed by atoms with van der Waals surface area (Å²) in [4.78, 5) is 3.64. The summed E-state index contributed by atoms with van der Waals surface area (Å²) in [6, 6.07) is 0. The Morgan fingerprint density at radius 2 is 2.09 bits per heavy atom. The fourth-order valence-electron chi connectivity index (χ4n) is 0.907.